The van der Waals surface area contributed by atoms with Crippen molar-refractivity contribution in [1.29, 1.82) is 0 Å². The minimum absolute atomic E-state index is 0.861. The minimum Gasteiger partial charge on any atom is -0.495 e. The van der Waals surface area contributed by atoms with Crippen molar-refractivity contribution >= 4 is 21.6 Å². The lowest BCUT2D eigenvalue weighted by Gasteiger charge is -2.11. The van der Waals surface area contributed by atoms with Crippen LogP contribution < -0.4 is 10.1 Å². The van der Waals surface area contributed by atoms with E-state index in [1.807, 2.05) is 25.1 Å². The van der Waals surface area contributed by atoms with E-state index in [1.165, 1.54) is 5.57 Å². The zero-order valence-corrected chi connectivity index (χ0v) is 10.7. The number of methoxy groups -OCH3 is 1. The van der Waals surface area contributed by atoms with Gasteiger partial charge in [0.1, 0.15) is 5.75 Å². The highest BCUT2D eigenvalue weighted by Gasteiger charge is 2.02. The van der Waals surface area contributed by atoms with Crippen molar-refractivity contribution in [3.8, 4) is 5.75 Å². The summed E-state index contributed by atoms with van der Waals surface area (Å²) in [6.07, 6.45) is 0.968. The molecule has 0 heterocycles. The van der Waals surface area contributed by atoms with Gasteiger partial charge in [0.05, 0.1) is 12.8 Å². The molecular formula is C12H16BrNO. The average molecular weight is 270 g/mol. The van der Waals surface area contributed by atoms with Crippen molar-refractivity contribution in [1.82, 2.24) is 0 Å². The van der Waals surface area contributed by atoms with Gasteiger partial charge in [-0.05, 0) is 31.5 Å². The summed E-state index contributed by atoms with van der Waals surface area (Å²) in [6, 6.07) is 5.91. The Bertz CT molecular complexity index is 349. The van der Waals surface area contributed by atoms with E-state index in [2.05, 4.69) is 27.8 Å². The fraction of sp³-hybridized carbons (Fsp3) is 0.333. The van der Waals surface area contributed by atoms with Gasteiger partial charge in [0.2, 0.25) is 0 Å². The first-order chi connectivity index (χ1) is 7.13. The normalized spacial score (nSPS) is 9.80. The van der Waals surface area contributed by atoms with Crippen LogP contribution in [-0.4, -0.2) is 13.7 Å². The van der Waals surface area contributed by atoms with Crippen LogP contribution in [0.15, 0.2) is 34.8 Å². The van der Waals surface area contributed by atoms with Gasteiger partial charge in [-0.25, -0.2) is 0 Å². The van der Waals surface area contributed by atoms with Crippen LogP contribution in [0.4, 0.5) is 5.69 Å². The molecule has 1 aromatic carbocycles. The molecule has 0 atom stereocenters. The van der Waals surface area contributed by atoms with E-state index in [0.29, 0.717) is 0 Å². The van der Waals surface area contributed by atoms with Crippen molar-refractivity contribution in [2.75, 3.05) is 19.0 Å². The molecule has 0 aromatic heterocycles. The predicted molar refractivity (Wildman–Crippen MR) is 68.6 cm³/mol. The number of hydrogen-bond acceptors (Lipinski definition) is 2. The van der Waals surface area contributed by atoms with Crippen molar-refractivity contribution in [3.05, 3.63) is 34.8 Å². The molecule has 0 unspecified atom stereocenters. The highest BCUT2D eigenvalue weighted by molar-refractivity contribution is 9.10. The maximum absolute atomic E-state index is 5.25. The van der Waals surface area contributed by atoms with Gasteiger partial charge in [-0.1, -0.05) is 21.5 Å². The number of benzene rings is 1. The Balaban J connectivity index is 2.65. The summed E-state index contributed by atoms with van der Waals surface area (Å²) in [7, 11) is 1.67. The molecule has 0 fully saturated rings. The van der Waals surface area contributed by atoms with Gasteiger partial charge in [0, 0.05) is 11.0 Å². The second kappa shape index (κ2) is 5.81. The summed E-state index contributed by atoms with van der Waals surface area (Å²) < 4.78 is 6.29. The van der Waals surface area contributed by atoms with Crippen LogP contribution in [0.2, 0.25) is 0 Å². The summed E-state index contributed by atoms with van der Waals surface area (Å²) >= 11 is 3.43. The maximum atomic E-state index is 5.25. The fourth-order valence-electron chi connectivity index (χ4n) is 1.23. The Hall–Kier alpha value is -0.960. The lowest BCUT2D eigenvalue weighted by Crippen LogP contribution is -2.03. The molecule has 0 radical (unpaired) electrons. The molecule has 0 spiro atoms. The third kappa shape index (κ3) is 3.96. The van der Waals surface area contributed by atoms with E-state index >= 15 is 0 Å². The highest BCUT2D eigenvalue weighted by atomic mass is 79.9. The summed E-state index contributed by atoms with van der Waals surface area (Å²) in [5.74, 6) is 0.861. The van der Waals surface area contributed by atoms with Crippen LogP contribution >= 0.6 is 15.9 Å². The number of ether oxygens (including phenoxy) is 1. The first-order valence-corrected chi connectivity index (χ1v) is 5.64. The maximum Gasteiger partial charge on any atom is 0.142 e. The van der Waals surface area contributed by atoms with Gasteiger partial charge < -0.3 is 10.1 Å². The molecule has 82 valence electrons. The number of nitrogens with one attached hydrogen (secondary N) is 1. The second-order valence-electron chi connectivity index (χ2n) is 3.48. The zero-order valence-electron chi connectivity index (χ0n) is 9.14. The standard InChI is InChI=1S/C12H16BrNO/c1-9(2)6-7-14-11-8-10(13)4-5-12(11)15-3/h4-5,8,14H,1,6-7H2,2-3H3. The molecule has 0 saturated carbocycles. The molecule has 0 bridgehead atoms. The molecule has 0 amide bonds. The van der Waals surface area contributed by atoms with Gasteiger partial charge in [-0.2, -0.15) is 0 Å². The van der Waals surface area contributed by atoms with E-state index in [1.54, 1.807) is 7.11 Å². The molecule has 3 heteroatoms. The molecule has 1 rings (SSSR count). The van der Waals surface area contributed by atoms with Crippen molar-refractivity contribution < 1.29 is 4.74 Å². The average Bonchev–Trinajstić information content (AvgIpc) is 2.17. The molecule has 2 nitrogen and oxygen atoms in total. The molecular weight excluding hydrogens is 254 g/mol. The van der Waals surface area contributed by atoms with Gasteiger partial charge in [-0.3, -0.25) is 0 Å². The lowest BCUT2D eigenvalue weighted by atomic mass is 10.2. The molecule has 15 heavy (non-hydrogen) atoms. The summed E-state index contributed by atoms with van der Waals surface area (Å²) in [4.78, 5) is 0. The van der Waals surface area contributed by atoms with Crippen molar-refractivity contribution in [2.24, 2.45) is 0 Å². The number of anilines is 1. The van der Waals surface area contributed by atoms with Crippen LogP contribution in [0.5, 0.6) is 5.75 Å². The molecule has 1 aromatic rings. The molecule has 0 saturated heterocycles. The quantitative estimate of drug-likeness (QED) is 0.821. The molecule has 0 aliphatic rings. The highest BCUT2D eigenvalue weighted by Crippen LogP contribution is 2.27. The zero-order chi connectivity index (χ0) is 11.3. The Kier molecular flexibility index (Phi) is 4.69. The van der Waals surface area contributed by atoms with Crippen molar-refractivity contribution in [3.63, 3.8) is 0 Å². The molecule has 0 aliphatic heterocycles. The SMILES string of the molecule is C=C(C)CCNc1cc(Br)ccc1OC. The fourth-order valence-corrected chi connectivity index (χ4v) is 1.59. The first-order valence-electron chi connectivity index (χ1n) is 4.85. The van der Waals surface area contributed by atoms with Crippen LogP contribution in [-0.2, 0) is 0 Å². The summed E-state index contributed by atoms with van der Waals surface area (Å²) in [5.41, 5.74) is 2.18. The Labute approximate surface area is 99.5 Å². The smallest absolute Gasteiger partial charge is 0.142 e. The van der Waals surface area contributed by atoms with Crippen LogP contribution in [0.25, 0.3) is 0 Å². The molecule has 1 N–H and O–H groups in total. The molecule has 0 aliphatic carbocycles. The van der Waals surface area contributed by atoms with Gasteiger partial charge >= 0.3 is 0 Å². The van der Waals surface area contributed by atoms with E-state index < -0.39 is 0 Å². The van der Waals surface area contributed by atoms with Crippen LogP contribution in [0.1, 0.15) is 13.3 Å². The van der Waals surface area contributed by atoms with E-state index in [4.69, 9.17) is 4.74 Å². The van der Waals surface area contributed by atoms with Crippen LogP contribution in [0, 0.1) is 0 Å². The Morgan fingerprint density at radius 2 is 2.27 bits per heavy atom. The van der Waals surface area contributed by atoms with Gasteiger partial charge in [-0.15, -0.1) is 6.58 Å². The second-order valence-corrected chi connectivity index (χ2v) is 4.39. The summed E-state index contributed by atoms with van der Waals surface area (Å²) in [5, 5.41) is 3.32. The number of halogens is 1. The van der Waals surface area contributed by atoms with E-state index in [-0.39, 0.29) is 0 Å². The minimum atomic E-state index is 0.861. The van der Waals surface area contributed by atoms with Crippen LogP contribution in [0.3, 0.4) is 0 Å². The summed E-state index contributed by atoms with van der Waals surface area (Å²) in [6.45, 7) is 6.77. The van der Waals surface area contributed by atoms with Gasteiger partial charge in [0.15, 0.2) is 0 Å². The lowest BCUT2D eigenvalue weighted by molar-refractivity contribution is 0.416. The van der Waals surface area contributed by atoms with Crippen molar-refractivity contribution in [2.45, 2.75) is 13.3 Å². The number of rotatable bonds is 5. The first kappa shape index (κ1) is 12.1. The third-order valence-electron chi connectivity index (χ3n) is 2.03. The third-order valence-corrected chi connectivity index (χ3v) is 2.52. The number of hydrogen-bond donors (Lipinski definition) is 1. The topological polar surface area (TPSA) is 21.3 Å². The Morgan fingerprint density at radius 1 is 1.53 bits per heavy atom. The monoisotopic (exact) mass is 269 g/mol. The largest absolute Gasteiger partial charge is 0.495 e. The van der Waals surface area contributed by atoms with E-state index in [0.717, 1.165) is 28.9 Å². The predicted octanol–water partition coefficient (Wildman–Crippen LogP) is 3.84. The Morgan fingerprint density at radius 3 is 2.87 bits per heavy atom. The van der Waals surface area contributed by atoms with E-state index in [9.17, 15) is 0 Å². The van der Waals surface area contributed by atoms with Gasteiger partial charge in [0.25, 0.3) is 0 Å².